The molecular formula is C25H35N3O5S. The van der Waals surface area contributed by atoms with E-state index in [0.717, 1.165) is 28.1 Å². The Morgan fingerprint density at radius 1 is 1.09 bits per heavy atom. The van der Waals surface area contributed by atoms with E-state index in [0.29, 0.717) is 24.4 Å². The number of carbonyl (C=O) groups is 2. The fourth-order valence-corrected chi connectivity index (χ4v) is 4.50. The van der Waals surface area contributed by atoms with Gasteiger partial charge in [0.15, 0.2) is 0 Å². The van der Waals surface area contributed by atoms with Crippen molar-refractivity contribution in [3.8, 4) is 5.75 Å². The molecule has 1 unspecified atom stereocenters. The van der Waals surface area contributed by atoms with Crippen molar-refractivity contribution in [3.63, 3.8) is 0 Å². The van der Waals surface area contributed by atoms with Crippen LogP contribution in [0.1, 0.15) is 37.8 Å². The standard InChI is InChI=1S/C25H35N3O5S/c1-6-15-26-25(30)23(7-2)27(17-20-10-8-9-19(3)16-20)24(29)18-28(34(5,31)32)21-11-13-22(33-4)14-12-21/h8-14,16,23H,6-7,15,17-18H2,1-5H3,(H,26,30). The molecule has 0 fully saturated rings. The van der Waals surface area contributed by atoms with Crippen LogP contribution in [0.25, 0.3) is 0 Å². The zero-order valence-corrected chi connectivity index (χ0v) is 21.4. The first kappa shape index (κ1) is 27.2. The molecule has 9 heteroatoms. The SMILES string of the molecule is CCCNC(=O)C(CC)N(Cc1cccc(C)c1)C(=O)CN(c1ccc(OC)cc1)S(C)(=O)=O. The van der Waals surface area contributed by atoms with Crippen molar-refractivity contribution in [2.24, 2.45) is 0 Å². The monoisotopic (exact) mass is 489 g/mol. The Hall–Kier alpha value is -3.07. The predicted octanol–water partition coefficient (Wildman–Crippen LogP) is 3.10. The lowest BCUT2D eigenvalue weighted by Crippen LogP contribution is -2.52. The number of rotatable bonds is 12. The van der Waals surface area contributed by atoms with Crippen LogP contribution in [0, 0.1) is 6.92 Å². The molecule has 0 aromatic heterocycles. The molecule has 2 amide bonds. The third-order valence-electron chi connectivity index (χ3n) is 5.41. The van der Waals surface area contributed by atoms with Gasteiger partial charge in [0.2, 0.25) is 21.8 Å². The van der Waals surface area contributed by atoms with Crippen LogP contribution in [-0.2, 0) is 26.2 Å². The Kier molecular flexibility index (Phi) is 9.92. The number of nitrogens with one attached hydrogen (secondary N) is 1. The summed E-state index contributed by atoms with van der Waals surface area (Å²) < 4.78 is 31.4. The van der Waals surface area contributed by atoms with Gasteiger partial charge in [0.25, 0.3) is 0 Å². The van der Waals surface area contributed by atoms with Crippen molar-refractivity contribution in [3.05, 3.63) is 59.7 Å². The topological polar surface area (TPSA) is 96.0 Å². The number of aryl methyl sites for hydroxylation is 1. The van der Waals surface area contributed by atoms with Crippen LogP contribution in [-0.4, -0.2) is 57.6 Å². The van der Waals surface area contributed by atoms with E-state index in [-0.39, 0.29) is 12.5 Å². The second kappa shape index (κ2) is 12.4. The molecule has 0 bridgehead atoms. The van der Waals surface area contributed by atoms with Gasteiger partial charge in [0, 0.05) is 13.1 Å². The zero-order valence-electron chi connectivity index (χ0n) is 20.6. The Morgan fingerprint density at radius 2 is 1.76 bits per heavy atom. The van der Waals surface area contributed by atoms with Gasteiger partial charge in [0.1, 0.15) is 18.3 Å². The summed E-state index contributed by atoms with van der Waals surface area (Å²) in [5, 5.41) is 2.87. The molecule has 0 aliphatic carbocycles. The molecule has 0 saturated carbocycles. The molecule has 34 heavy (non-hydrogen) atoms. The molecule has 0 aliphatic rings. The molecule has 0 radical (unpaired) electrons. The Balaban J connectivity index is 2.41. The Morgan fingerprint density at radius 3 is 2.29 bits per heavy atom. The first-order valence-electron chi connectivity index (χ1n) is 11.3. The number of benzene rings is 2. The molecule has 0 spiro atoms. The first-order valence-corrected chi connectivity index (χ1v) is 13.2. The lowest BCUT2D eigenvalue weighted by atomic mass is 10.1. The van der Waals surface area contributed by atoms with E-state index in [1.54, 1.807) is 24.3 Å². The van der Waals surface area contributed by atoms with Gasteiger partial charge < -0.3 is 15.0 Å². The third-order valence-corrected chi connectivity index (χ3v) is 6.55. The Labute approximate surface area is 202 Å². The van der Waals surface area contributed by atoms with Crippen molar-refractivity contribution >= 4 is 27.5 Å². The number of methoxy groups -OCH3 is 1. The number of hydrogen-bond acceptors (Lipinski definition) is 5. The maximum absolute atomic E-state index is 13.6. The minimum Gasteiger partial charge on any atom is -0.497 e. The summed E-state index contributed by atoms with van der Waals surface area (Å²) in [6.07, 6.45) is 2.22. The van der Waals surface area contributed by atoms with Crippen LogP contribution in [0.3, 0.4) is 0 Å². The van der Waals surface area contributed by atoms with E-state index in [1.165, 1.54) is 12.0 Å². The molecule has 8 nitrogen and oxygen atoms in total. The lowest BCUT2D eigenvalue weighted by Gasteiger charge is -2.33. The van der Waals surface area contributed by atoms with Gasteiger partial charge in [-0.15, -0.1) is 0 Å². The van der Waals surface area contributed by atoms with E-state index in [4.69, 9.17) is 4.74 Å². The smallest absolute Gasteiger partial charge is 0.244 e. The first-order chi connectivity index (χ1) is 16.1. The number of amides is 2. The number of anilines is 1. The quantitative estimate of drug-likeness (QED) is 0.494. The van der Waals surface area contributed by atoms with Gasteiger partial charge in [0.05, 0.1) is 19.1 Å². The average Bonchev–Trinajstić information content (AvgIpc) is 2.80. The number of ether oxygens (including phenoxy) is 1. The van der Waals surface area contributed by atoms with E-state index in [2.05, 4.69) is 5.32 Å². The normalized spacial score (nSPS) is 12.0. The molecule has 2 aromatic rings. The molecule has 0 aliphatic heterocycles. The fourth-order valence-electron chi connectivity index (χ4n) is 3.65. The molecule has 1 N–H and O–H groups in total. The number of carbonyl (C=O) groups excluding carboxylic acids is 2. The van der Waals surface area contributed by atoms with Crippen molar-refractivity contribution in [1.29, 1.82) is 0 Å². The zero-order chi connectivity index (χ0) is 25.3. The molecule has 2 aromatic carbocycles. The number of nitrogens with zero attached hydrogens (tertiary/aromatic N) is 2. The fraction of sp³-hybridized carbons (Fsp3) is 0.440. The summed E-state index contributed by atoms with van der Waals surface area (Å²) in [6.45, 7) is 6.02. The third kappa shape index (κ3) is 7.48. The molecule has 0 saturated heterocycles. The average molecular weight is 490 g/mol. The molecule has 0 heterocycles. The summed E-state index contributed by atoms with van der Waals surface area (Å²) in [6, 6.07) is 13.4. The summed E-state index contributed by atoms with van der Waals surface area (Å²) in [7, 11) is -2.25. The number of hydrogen-bond donors (Lipinski definition) is 1. The van der Waals surface area contributed by atoms with Crippen LogP contribution >= 0.6 is 0 Å². The molecule has 1 atom stereocenters. The van der Waals surface area contributed by atoms with Gasteiger partial charge in [-0.25, -0.2) is 8.42 Å². The summed E-state index contributed by atoms with van der Waals surface area (Å²) in [4.78, 5) is 28.0. The minimum absolute atomic E-state index is 0.193. The van der Waals surface area contributed by atoms with Crippen LogP contribution in [0.5, 0.6) is 5.75 Å². The van der Waals surface area contributed by atoms with Crippen molar-refractivity contribution in [2.75, 3.05) is 30.8 Å². The van der Waals surface area contributed by atoms with Crippen LogP contribution < -0.4 is 14.4 Å². The largest absolute Gasteiger partial charge is 0.497 e. The van der Waals surface area contributed by atoms with Crippen molar-refractivity contribution < 1.29 is 22.7 Å². The lowest BCUT2D eigenvalue weighted by molar-refractivity contribution is -0.140. The van der Waals surface area contributed by atoms with E-state index < -0.39 is 28.5 Å². The summed E-state index contributed by atoms with van der Waals surface area (Å²) >= 11 is 0. The van der Waals surface area contributed by atoms with E-state index in [9.17, 15) is 18.0 Å². The van der Waals surface area contributed by atoms with Gasteiger partial charge in [-0.05, 0) is 49.6 Å². The number of sulfonamides is 1. The molecule has 2 rings (SSSR count). The van der Waals surface area contributed by atoms with Crippen LogP contribution in [0.15, 0.2) is 48.5 Å². The van der Waals surface area contributed by atoms with Gasteiger partial charge in [-0.2, -0.15) is 0 Å². The minimum atomic E-state index is -3.77. The highest BCUT2D eigenvalue weighted by Crippen LogP contribution is 2.22. The van der Waals surface area contributed by atoms with Gasteiger partial charge >= 0.3 is 0 Å². The van der Waals surface area contributed by atoms with Crippen LogP contribution in [0.4, 0.5) is 5.69 Å². The predicted molar refractivity (Wildman–Crippen MR) is 134 cm³/mol. The second-order valence-corrected chi connectivity index (χ2v) is 10.1. The highest BCUT2D eigenvalue weighted by molar-refractivity contribution is 7.92. The highest BCUT2D eigenvalue weighted by Gasteiger charge is 2.31. The van der Waals surface area contributed by atoms with E-state index >= 15 is 0 Å². The maximum atomic E-state index is 13.6. The van der Waals surface area contributed by atoms with Gasteiger partial charge in [-0.1, -0.05) is 43.7 Å². The Bertz CT molecular complexity index is 1070. The van der Waals surface area contributed by atoms with Crippen molar-refractivity contribution in [1.82, 2.24) is 10.2 Å². The van der Waals surface area contributed by atoms with Crippen LogP contribution in [0.2, 0.25) is 0 Å². The molecular weight excluding hydrogens is 454 g/mol. The highest BCUT2D eigenvalue weighted by atomic mass is 32.2. The second-order valence-electron chi connectivity index (χ2n) is 8.19. The maximum Gasteiger partial charge on any atom is 0.244 e. The van der Waals surface area contributed by atoms with Crippen molar-refractivity contribution in [2.45, 2.75) is 46.2 Å². The van der Waals surface area contributed by atoms with E-state index in [1.807, 2.05) is 45.0 Å². The summed E-state index contributed by atoms with van der Waals surface area (Å²) in [5.41, 5.74) is 2.24. The summed E-state index contributed by atoms with van der Waals surface area (Å²) in [5.74, 6) is -0.134. The molecule has 186 valence electrons. The van der Waals surface area contributed by atoms with Gasteiger partial charge in [-0.3, -0.25) is 13.9 Å².